The summed E-state index contributed by atoms with van der Waals surface area (Å²) in [4.78, 5) is 39.1. The van der Waals surface area contributed by atoms with E-state index < -0.39 is 38.6 Å². The molecule has 1 aliphatic carbocycles. The van der Waals surface area contributed by atoms with Gasteiger partial charge in [0, 0.05) is 59.7 Å². The number of nitro groups is 1. The van der Waals surface area contributed by atoms with E-state index in [9.17, 15) is 28.1 Å². The van der Waals surface area contributed by atoms with E-state index in [1.165, 1.54) is 55.6 Å². The van der Waals surface area contributed by atoms with E-state index in [2.05, 4.69) is 15.6 Å². The molecule has 2 fully saturated rings. The lowest BCUT2D eigenvalue weighted by Crippen LogP contribution is -2.52. The molecule has 12 nitrogen and oxygen atoms in total. The molecule has 0 radical (unpaired) electrons. The molecular formula is C35H44N6O6S2. The predicted molar refractivity (Wildman–Crippen MR) is 191 cm³/mol. The van der Waals surface area contributed by atoms with E-state index >= 15 is 0 Å². The number of nitrogens with one attached hydrogen (secondary N) is 2. The highest BCUT2D eigenvalue weighted by Crippen LogP contribution is 2.46. The lowest BCUT2D eigenvalue weighted by molar-refractivity contribution is -0.385. The second-order valence-corrected chi connectivity index (χ2v) is 15.7. The number of nitrogens with two attached hydrogens (primary N) is 1. The fourth-order valence-corrected chi connectivity index (χ4v) is 9.02. The lowest BCUT2D eigenvalue weighted by atomic mass is 9.77. The molecule has 0 bridgehead atoms. The molecule has 3 aromatic carbocycles. The first kappa shape index (κ1) is 36.1. The third kappa shape index (κ3) is 9.52. The zero-order valence-electron chi connectivity index (χ0n) is 27.5. The number of unbranched alkanes of at least 4 members (excludes halogenated alkanes) is 1. The van der Waals surface area contributed by atoms with Crippen molar-refractivity contribution < 1.29 is 22.9 Å². The van der Waals surface area contributed by atoms with Gasteiger partial charge in [-0.25, -0.2) is 10.2 Å². The van der Waals surface area contributed by atoms with Crippen molar-refractivity contribution >= 4 is 45.1 Å². The van der Waals surface area contributed by atoms with Gasteiger partial charge in [-0.2, -0.15) is 12.8 Å². The van der Waals surface area contributed by atoms with Crippen LogP contribution in [0.15, 0.2) is 88.7 Å². The molecule has 3 aromatic rings. The van der Waals surface area contributed by atoms with E-state index in [4.69, 9.17) is 5.73 Å². The fraction of sp³-hybridized carbons (Fsp3) is 0.429. The summed E-state index contributed by atoms with van der Waals surface area (Å²) in [5.41, 5.74) is 9.39. The minimum atomic E-state index is -4.60. The highest BCUT2D eigenvalue weighted by Gasteiger charge is 2.37. The van der Waals surface area contributed by atoms with Gasteiger partial charge in [-0.05, 0) is 86.4 Å². The number of carbonyl (C=O) groups excluding carboxylic acids is 2. The average Bonchev–Trinajstić information content (AvgIpc) is 3.57. The summed E-state index contributed by atoms with van der Waals surface area (Å²) in [7, 11) is -4.60. The Morgan fingerprint density at radius 2 is 1.65 bits per heavy atom. The quantitative estimate of drug-likeness (QED) is 0.0732. The monoisotopic (exact) mass is 708 g/mol. The Labute approximate surface area is 292 Å². The first-order valence-electron chi connectivity index (χ1n) is 16.7. The first-order chi connectivity index (χ1) is 23.6. The van der Waals surface area contributed by atoms with Crippen LogP contribution in [0.1, 0.15) is 68.1 Å². The molecule has 1 aliphatic heterocycles. The van der Waals surface area contributed by atoms with Crippen LogP contribution >= 0.6 is 11.8 Å². The molecule has 1 saturated heterocycles. The van der Waals surface area contributed by atoms with Gasteiger partial charge in [-0.1, -0.05) is 43.5 Å². The molecule has 14 heteroatoms. The third-order valence-corrected chi connectivity index (χ3v) is 12.3. The number of hydrazine groups is 1. The van der Waals surface area contributed by atoms with Crippen LogP contribution in [0.5, 0.6) is 0 Å². The Balaban J connectivity index is 1.39. The number of rotatable bonds is 15. The van der Waals surface area contributed by atoms with Crippen LogP contribution in [0.4, 0.5) is 16.2 Å². The average molecular weight is 709 g/mol. The number of hydrogen-bond acceptors (Lipinski definition) is 9. The standard InChI is InChI=1S/C35H44N6O6S2/c36-34(43)37-22-7-4-9-28(26-48-31-11-2-1-3-12-31)38-40(49(46,47)32-13-8-10-30(25-32)41(44)45)33(42)27-14-16-29(17-15-27)39-23-20-35(21-24-39)18-5-6-19-35/h1-3,8,10-17,25,28,38H,4-7,9,18-24,26H2,(H3,36,37,43)/t28-/m1/s1. The van der Waals surface area contributed by atoms with E-state index in [1.54, 1.807) is 12.1 Å². The van der Waals surface area contributed by atoms with Crippen molar-refractivity contribution in [2.75, 3.05) is 30.3 Å². The van der Waals surface area contributed by atoms with Crippen LogP contribution in [0.25, 0.3) is 0 Å². The van der Waals surface area contributed by atoms with Gasteiger partial charge < -0.3 is 16.0 Å². The van der Waals surface area contributed by atoms with Gasteiger partial charge in [0.1, 0.15) is 0 Å². The van der Waals surface area contributed by atoms with Gasteiger partial charge in [0.2, 0.25) is 0 Å². The molecule has 1 atom stereocenters. The second-order valence-electron chi connectivity index (χ2n) is 12.8. The molecular weight excluding hydrogens is 665 g/mol. The summed E-state index contributed by atoms with van der Waals surface area (Å²) >= 11 is 1.50. The number of carbonyl (C=O) groups is 2. The van der Waals surface area contributed by atoms with Crippen LogP contribution in [-0.4, -0.2) is 61.1 Å². The van der Waals surface area contributed by atoms with E-state index in [0.29, 0.717) is 41.4 Å². The molecule has 1 saturated carbocycles. The Kier molecular flexibility index (Phi) is 12.2. The van der Waals surface area contributed by atoms with Gasteiger partial charge in [0.25, 0.3) is 21.6 Å². The minimum absolute atomic E-state index is 0.162. The van der Waals surface area contributed by atoms with Crippen LogP contribution in [0.2, 0.25) is 0 Å². The van der Waals surface area contributed by atoms with Gasteiger partial charge in [-0.15, -0.1) is 11.8 Å². The van der Waals surface area contributed by atoms with Gasteiger partial charge in [-0.3, -0.25) is 14.9 Å². The van der Waals surface area contributed by atoms with Crippen LogP contribution < -0.4 is 21.4 Å². The van der Waals surface area contributed by atoms with Crippen molar-refractivity contribution in [2.24, 2.45) is 11.1 Å². The van der Waals surface area contributed by atoms with Crippen molar-refractivity contribution in [3.63, 3.8) is 0 Å². The van der Waals surface area contributed by atoms with Crippen molar-refractivity contribution in [3.05, 3.63) is 94.5 Å². The fourth-order valence-electron chi connectivity index (χ4n) is 6.69. The van der Waals surface area contributed by atoms with Gasteiger partial charge >= 0.3 is 6.03 Å². The number of thioether (sulfide) groups is 1. The SMILES string of the molecule is NC(=O)NCCCC[C@H](CSc1ccccc1)NN(C(=O)c1ccc(N2CCC3(CCCC3)CC2)cc1)S(=O)(=O)c1cccc([N+](=O)[O-])c1. The maximum Gasteiger partial charge on any atom is 0.312 e. The Bertz CT molecular complexity index is 1690. The topological polar surface area (TPSA) is 168 Å². The second kappa shape index (κ2) is 16.5. The zero-order chi connectivity index (χ0) is 34.9. The number of urea groups is 1. The number of non-ortho nitro benzene ring substituents is 1. The number of hydrogen-bond donors (Lipinski definition) is 3. The van der Waals surface area contributed by atoms with E-state index in [1.807, 2.05) is 42.5 Å². The molecule has 1 heterocycles. The normalized spacial score (nSPS) is 16.3. The Morgan fingerprint density at radius 3 is 2.31 bits per heavy atom. The number of anilines is 1. The van der Waals surface area contributed by atoms with Crippen LogP contribution in [0, 0.1) is 15.5 Å². The third-order valence-electron chi connectivity index (χ3n) is 9.49. The maximum absolute atomic E-state index is 14.2. The molecule has 4 N–H and O–H groups in total. The molecule has 0 aromatic heterocycles. The molecule has 2 aliphatic rings. The molecule has 3 amide bonds. The number of nitrogens with zero attached hydrogens (tertiary/aromatic N) is 3. The highest BCUT2D eigenvalue weighted by molar-refractivity contribution is 7.99. The van der Waals surface area contributed by atoms with Crippen LogP contribution in [-0.2, 0) is 10.0 Å². The summed E-state index contributed by atoms with van der Waals surface area (Å²) in [6.45, 7) is 2.24. The predicted octanol–water partition coefficient (Wildman–Crippen LogP) is 6.09. The molecule has 49 heavy (non-hydrogen) atoms. The van der Waals surface area contributed by atoms with Gasteiger partial charge in [0.05, 0.1) is 9.82 Å². The van der Waals surface area contributed by atoms with Crippen molar-refractivity contribution in [1.29, 1.82) is 0 Å². The highest BCUT2D eigenvalue weighted by atomic mass is 32.2. The van der Waals surface area contributed by atoms with Crippen molar-refractivity contribution in [3.8, 4) is 0 Å². The number of primary amides is 1. The summed E-state index contributed by atoms with van der Waals surface area (Å²) in [6, 6.07) is 20.1. The zero-order valence-corrected chi connectivity index (χ0v) is 29.1. The molecule has 0 unspecified atom stereocenters. The van der Waals surface area contributed by atoms with E-state index in [0.717, 1.165) is 42.6 Å². The number of amides is 3. The maximum atomic E-state index is 14.2. The smallest absolute Gasteiger partial charge is 0.312 e. The molecule has 262 valence electrons. The lowest BCUT2D eigenvalue weighted by Gasteiger charge is -2.40. The summed E-state index contributed by atoms with van der Waals surface area (Å²) < 4.78 is 29.0. The Hall–Kier alpha value is -4.14. The Morgan fingerprint density at radius 1 is 0.959 bits per heavy atom. The van der Waals surface area contributed by atoms with Crippen molar-refractivity contribution in [2.45, 2.75) is 73.6 Å². The van der Waals surface area contributed by atoms with Crippen LogP contribution in [0.3, 0.4) is 0 Å². The van der Waals surface area contributed by atoms with E-state index in [-0.39, 0.29) is 10.5 Å². The molecule has 5 rings (SSSR count). The number of piperidine rings is 1. The van der Waals surface area contributed by atoms with Crippen molar-refractivity contribution in [1.82, 2.24) is 15.2 Å². The summed E-state index contributed by atoms with van der Waals surface area (Å²) in [6.07, 6.45) is 9.14. The number of sulfonamides is 1. The first-order valence-corrected chi connectivity index (χ1v) is 19.2. The molecule has 1 spiro atoms. The summed E-state index contributed by atoms with van der Waals surface area (Å²) in [5.74, 6) is -0.386. The number of nitro benzene ring substituents is 1. The number of benzene rings is 3. The largest absolute Gasteiger partial charge is 0.371 e. The minimum Gasteiger partial charge on any atom is -0.371 e. The van der Waals surface area contributed by atoms with Gasteiger partial charge in [0.15, 0.2) is 0 Å². The summed E-state index contributed by atoms with van der Waals surface area (Å²) in [5, 5.41) is 14.1.